The molecule has 0 radical (unpaired) electrons. The minimum absolute atomic E-state index is 0.0489. The fourth-order valence-corrected chi connectivity index (χ4v) is 5.19. The van der Waals surface area contributed by atoms with Crippen molar-refractivity contribution in [1.82, 2.24) is 20.1 Å². The Balaban J connectivity index is 1.72. The zero-order chi connectivity index (χ0) is 34.1. The summed E-state index contributed by atoms with van der Waals surface area (Å²) in [7, 11) is 2.85. The van der Waals surface area contributed by atoms with Crippen molar-refractivity contribution in [3.05, 3.63) is 88.8 Å². The number of allylic oxidation sites excluding steroid dienone is 5. The van der Waals surface area contributed by atoms with Crippen molar-refractivity contribution >= 4 is 46.4 Å². The van der Waals surface area contributed by atoms with Gasteiger partial charge in [-0.1, -0.05) is 31.0 Å². The molecule has 2 atom stereocenters. The van der Waals surface area contributed by atoms with E-state index in [4.69, 9.17) is 21.1 Å². The lowest BCUT2D eigenvalue weighted by Crippen LogP contribution is -2.29. The number of methoxy groups -OCH3 is 2. The Bertz CT molecular complexity index is 1790. The number of aromatic nitrogens is 3. The van der Waals surface area contributed by atoms with Gasteiger partial charge in [0, 0.05) is 28.9 Å². The van der Waals surface area contributed by atoms with Gasteiger partial charge in [-0.3, -0.25) is 9.59 Å². The van der Waals surface area contributed by atoms with Crippen molar-refractivity contribution in [3.8, 4) is 17.1 Å². The minimum Gasteiger partial charge on any atom is -0.481 e. The first-order valence-corrected chi connectivity index (χ1v) is 15.2. The summed E-state index contributed by atoms with van der Waals surface area (Å²) >= 11 is 5.68. The summed E-state index contributed by atoms with van der Waals surface area (Å²) in [5.74, 6) is 1.05. The van der Waals surface area contributed by atoms with E-state index in [0.29, 0.717) is 71.1 Å². The van der Waals surface area contributed by atoms with Crippen LogP contribution in [0.5, 0.6) is 5.88 Å². The van der Waals surface area contributed by atoms with Crippen LogP contribution in [0.2, 0.25) is 0 Å². The molecule has 0 spiro atoms. The van der Waals surface area contributed by atoms with E-state index in [0.717, 1.165) is 5.56 Å². The number of anilines is 2. The van der Waals surface area contributed by atoms with Crippen LogP contribution in [-0.2, 0) is 14.3 Å². The topological polar surface area (TPSA) is 136 Å². The quantitative estimate of drug-likeness (QED) is 0.131. The largest absolute Gasteiger partial charge is 0.481 e. The van der Waals surface area contributed by atoms with Gasteiger partial charge in [-0.05, 0) is 68.7 Å². The Morgan fingerprint density at radius 1 is 1.23 bits per heavy atom. The number of hydrogen-bond donors (Lipinski definition) is 3. The average Bonchev–Trinajstić information content (AvgIpc) is 3.46. The highest BCUT2D eigenvalue weighted by Gasteiger charge is 2.24. The standard InChI is InChI=1S/C34H36ClFN6O5/c1-20-8-6-11-28(40-34(45)27-18-37-42(22(27)3)21(2)9-7-10-24(35)17-36)23-14-29(39-31(15-23)46-4)26-13-12-25(38-32(19-43)47-5)16-30(26)41-33(20)44/h7,9-10,12-18,20,28,38H,6,8,11H2,1-5H3,(H,40,45)(H,41,44)/b10-7-,21-9+,24-17-/t20-,28?/m0/s1. The molecule has 3 heterocycles. The molecule has 0 fully saturated rings. The highest BCUT2D eigenvalue weighted by molar-refractivity contribution is 6.31. The molecule has 3 N–H and O–H groups in total. The summed E-state index contributed by atoms with van der Waals surface area (Å²) in [4.78, 5) is 42.8. The van der Waals surface area contributed by atoms with Crippen LogP contribution in [-0.4, -0.2) is 46.7 Å². The summed E-state index contributed by atoms with van der Waals surface area (Å²) in [6.07, 6.45) is 8.23. The Labute approximate surface area is 277 Å². The van der Waals surface area contributed by atoms with Gasteiger partial charge in [-0.15, -0.1) is 0 Å². The number of rotatable bonds is 9. The second-order valence-electron chi connectivity index (χ2n) is 10.9. The number of carbonyl (C=O) groups is 2. The zero-order valence-electron chi connectivity index (χ0n) is 26.7. The molecular weight excluding hydrogens is 627 g/mol. The maximum atomic E-state index is 13.7. The van der Waals surface area contributed by atoms with E-state index < -0.39 is 6.04 Å². The minimum atomic E-state index is -0.448. The number of nitrogens with one attached hydrogen (secondary N) is 3. The van der Waals surface area contributed by atoms with Gasteiger partial charge in [-0.25, -0.2) is 18.9 Å². The van der Waals surface area contributed by atoms with Crippen molar-refractivity contribution in [2.75, 3.05) is 24.9 Å². The lowest BCUT2D eigenvalue weighted by Gasteiger charge is -2.23. The molecule has 47 heavy (non-hydrogen) atoms. The second-order valence-corrected chi connectivity index (χ2v) is 11.3. The van der Waals surface area contributed by atoms with Crippen LogP contribution in [0.3, 0.4) is 0 Å². The molecule has 1 aromatic carbocycles. The summed E-state index contributed by atoms with van der Waals surface area (Å²) in [6.45, 7) is 5.44. The van der Waals surface area contributed by atoms with E-state index in [2.05, 4.69) is 26.0 Å². The number of amides is 2. The van der Waals surface area contributed by atoms with Crippen molar-refractivity contribution in [3.63, 3.8) is 0 Å². The Hall–Kier alpha value is -5.19. The fraction of sp³-hybridized carbons (Fsp3) is 0.294. The molecule has 3 aromatic rings. The highest BCUT2D eigenvalue weighted by Crippen LogP contribution is 2.35. The first-order chi connectivity index (χ1) is 22.6. The van der Waals surface area contributed by atoms with Gasteiger partial charge >= 0.3 is 0 Å². The predicted molar refractivity (Wildman–Crippen MR) is 179 cm³/mol. The molecule has 246 valence electrons. The van der Waals surface area contributed by atoms with E-state index in [-0.39, 0.29) is 28.6 Å². The van der Waals surface area contributed by atoms with Gasteiger partial charge in [0.2, 0.25) is 11.8 Å². The van der Waals surface area contributed by atoms with Crippen LogP contribution < -0.4 is 20.7 Å². The number of pyridine rings is 1. The zero-order valence-corrected chi connectivity index (χ0v) is 27.4. The Morgan fingerprint density at radius 3 is 2.72 bits per heavy atom. The van der Waals surface area contributed by atoms with Crippen LogP contribution in [0.4, 0.5) is 15.8 Å². The van der Waals surface area contributed by atoms with Crippen LogP contribution in [0.25, 0.3) is 17.0 Å². The fourth-order valence-electron chi connectivity index (χ4n) is 5.11. The molecule has 2 aromatic heterocycles. The van der Waals surface area contributed by atoms with Gasteiger partial charge in [-0.2, -0.15) is 5.10 Å². The maximum absolute atomic E-state index is 13.7. The van der Waals surface area contributed by atoms with Crippen LogP contribution in [0.1, 0.15) is 60.8 Å². The number of ether oxygens (including phenoxy) is 2. The Morgan fingerprint density at radius 2 is 2.02 bits per heavy atom. The molecule has 1 unspecified atom stereocenters. The van der Waals surface area contributed by atoms with E-state index in [1.807, 2.05) is 13.0 Å². The van der Waals surface area contributed by atoms with Gasteiger partial charge in [0.05, 0.1) is 54.1 Å². The van der Waals surface area contributed by atoms with Crippen LogP contribution in [0.15, 0.2) is 72.0 Å². The molecular formula is C34H36ClFN6O5. The number of carbonyl (C=O) groups excluding carboxylic acids is 3. The van der Waals surface area contributed by atoms with Crippen LogP contribution in [0, 0.1) is 12.8 Å². The second kappa shape index (κ2) is 15.9. The molecule has 2 bridgehead atoms. The first kappa shape index (κ1) is 34.7. The maximum Gasteiger partial charge on any atom is 0.279 e. The highest BCUT2D eigenvalue weighted by atomic mass is 35.5. The number of benzene rings is 1. The number of halogens is 2. The molecule has 4 rings (SSSR count). The van der Waals surface area contributed by atoms with Crippen LogP contribution >= 0.6 is 11.6 Å². The number of hydrogen-bond acceptors (Lipinski definition) is 8. The van der Waals surface area contributed by atoms with E-state index in [1.165, 1.54) is 26.5 Å². The molecule has 2 amide bonds. The summed E-state index contributed by atoms with van der Waals surface area (Å²) < 4.78 is 24.7. The lowest BCUT2D eigenvalue weighted by molar-refractivity contribution is -0.119. The third-order valence-corrected chi connectivity index (χ3v) is 7.92. The summed E-state index contributed by atoms with van der Waals surface area (Å²) in [5.41, 5.74) is 4.53. The average molecular weight is 663 g/mol. The monoisotopic (exact) mass is 662 g/mol. The lowest BCUT2D eigenvalue weighted by atomic mass is 9.94. The predicted octanol–water partition coefficient (Wildman–Crippen LogP) is 6.69. The van der Waals surface area contributed by atoms with Gasteiger partial charge < -0.3 is 25.4 Å². The van der Waals surface area contributed by atoms with E-state index in [9.17, 15) is 18.8 Å². The normalized spacial score (nSPS) is 17.0. The molecule has 0 saturated heterocycles. The molecule has 0 aliphatic carbocycles. The summed E-state index contributed by atoms with van der Waals surface area (Å²) in [5, 5.41) is 13.3. The van der Waals surface area contributed by atoms with Crippen molar-refractivity contribution in [1.29, 1.82) is 0 Å². The molecule has 1 aliphatic rings. The van der Waals surface area contributed by atoms with E-state index in [1.54, 1.807) is 60.9 Å². The first-order valence-electron chi connectivity index (χ1n) is 14.8. The van der Waals surface area contributed by atoms with Crippen molar-refractivity contribution in [2.24, 2.45) is 5.92 Å². The molecule has 13 heteroatoms. The van der Waals surface area contributed by atoms with Gasteiger partial charge in [0.1, 0.15) is 6.33 Å². The van der Waals surface area contributed by atoms with Crippen molar-refractivity contribution in [2.45, 2.75) is 46.1 Å². The SMILES string of the molecule is COC(=C=O)Nc1ccc2c(c1)NC(=O)[C@@H](C)CCCC(NC(=O)c1cnn(/C(C)=C/C=C\C(Cl)=C\F)c1C)c1cc(OC)nc-2c1. The third-order valence-electron chi connectivity index (χ3n) is 7.71. The Kier molecular flexibility index (Phi) is 11.7. The van der Waals surface area contributed by atoms with E-state index >= 15 is 0 Å². The summed E-state index contributed by atoms with van der Waals surface area (Å²) in [6, 6.07) is 8.35. The number of nitrogens with zero attached hydrogens (tertiary/aromatic N) is 3. The smallest absolute Gasteiger partial charge is 0.279 e. The molecule has 1 aliphatic heterocycles. The molecule has 0 saturated carbocycles. The van der Waals surface area contributed by atoms with Gasteiger partial charge in [0.15, 0.2) is 5.94 Å². The van der Waals surface area contributed by atoms with Crippen molar-refractivity contribution < 1.29 is 28.2 Å². The number of fused-ring (bicyclic) bond motifs is 4. The molecule has 11 nitrogen and oxygen atoms in total. The third kappa shape index (κ3) is 8.55. The van der Waals surface area contributed by atoms with Gasteiger partial charge in [0.25, 0.3) is 11.8 Å².